The molecule has 0 unspecified atom stereocenters. The van der Waals surface area contributed by atoms with Crippen LogP contribution in [0.3, 0.4) is 0 Å². The van der Waals surface area contributed by atoms with Gasteiger partial charge < -0.3 is 15.8 Å². The minimum absolute atomic E-state index is 0.0406. The van der Waals surface area contributed by atoms with Crippen molar-refractivity contribution in [3.05, 3.63) is 52.0 Å². The maximum absolute atomic E-state index is 11.9. The molecule has 2 rings (SSSR count). The fourth-order valence-corrected chi connectivity index (χ4v) is 2.32. The Hall–Kier alpha value is -2.01. The van der Waals surface area contributed by atoms with Gasteiger partial charge in [0, 0.05) is 10.2 Å². The van der Waals surface area contributed by atoms with Crippen LogP contribution in [0.5, 0.6) is 5.75 Å². The molecule has 0 saturated heterocycles. The summed E-state index contributed by atoms with van der Waals surface area (Å²) in [6.07, 6.45) is 0. The Morgan fingerprint density at radius 1 is 1.24 bits per heavy atom. The van der Waals surface area contributed by atoms with Gasteiger partial charge in [0.1, 0.15) is 5.75 Å². The van der Waals surface area contributed by atoms with Crippen LogP contribution in [0, 0.1) is 13.8 Å². The molecule has 0 radical (unpaired) electrons. The Balaban J connectivity index is 1.97. The average molecular weight is 349 g/mol. The van der Waals surface area contributed by atoms with E-state index < -0.39 is 0 Å². The van der Waals surface area contributed by atoms with E-state index in [1.54, 1.807) is 18.2 Å². The van der Waals surface area contributed by atoms with Gasteiger partial charge in [-0.15, -0.1) is 0 Å². The third-order valence-electron chi connectivity index (χ3n) is 2.97. The third kappa shape index (κ3) is 4.23. The normalized spacial score (nSPS) is 10.2. The van der Waals surface area contributed by atoms with Gasteiger partial charge in [-0.3, -0.25) is 4.79 Å². The van der Waals surface area contributed by atoms with Gasteiger partial charge in [0.25, 0.3) is 5.91 Å². The molecule has 0 aliphatic heterocycles. The molecule has 0 heterocycles. The van der Waals surface area contributed by atoms with Crippen molar-refractivity contribution in [3.63, 3.8) is 0 Å². The zero-order chi connectivity index (χ0) is 15.4. The van der Waals surface area contributed by atoms with Crippen LogP contribution in [0.1, 0.15) is 11.1 Å². The lowest BCUT2D eigenvalue weighted by molar-refractivity contribution is -0.118. The van der Waals surface area contributed by atoms with Gasteiger partial charge in [-0.2, -0.15) is 0 Å². The first-order valence-corrected chi connectivity index (χ1v) is 7.30. The molecule has 0 atom stereocenters. The number of rotatable bonds is 4. The lowest BCUT2D eigenvalue weighted by Gasteiger charge is -2.11. The summed E-state index contributed by atoms with van der Waals surface area (Å²) < 4.78 is 6.30. The van der Waals surface area contributed by atoms with Gasteiger partial charge in [-0.05, 0) is 65.2 Å². The summed E-state index contributed by atoms with van der Waals surface area (Å²) in [5.74, 6) is 0.503. The van der Waals surface area contributed by atoms with E-state index in [4.69, 9.17) is 10.5 Å². The first-order chi connectivity index (χ1) is 9.95. The molecule has 0 aliphatic rings. The lowest BCUT2D eigenvalue weighted by atomic mass is 10.1. The van der Waals surface area contributed by atoms with Gasteiger partial charge in [0.05, 0.1) is 5.69 Å². The molecule has 21 heavy (non-hydrogen) atoms. The van der Waals surface area contributed by atoms with Gasteiger partial charge in [0.2, 0.25) is 0 Å². The quantitative estimate of drug-likeness (QED) is 0.828. The number of amides is 1. The SMILES string of the molecule is Cc1ccc(C)c(OCC(=O)Nc2ccc(N)cc2Br)c1. The van der Waals surface area contributed by atoms with E-state index in [1.807, 2.05) is 32.0 Å². The summed E-state index contributed by atoms with van der Waals surface area (Å²) in [4.78, 5) is 11.9. The highest BCUT2D eigenvalue weighted by Crippen LogP contribution is 2.24. The van der Waals surface area contributed by atoms with Crippen molar-refractivity contribution >= 4 is 33.2 Å². The van der Waals surface area contributed by atoms with E-state index in [9.17, 15) is 4.79 Å². The largest absolute Gasteiger partial charge is 0.483 e. The highest BCUT2D eigenvalue weighted by molar-refractivity contribution is 9.10. The standard InChI is InChI=1S/C16H17BrN2O2/c1-10-3-4-11(2)15(7-10)21-9-16(20)19-14-6-5-12(18)8-13(14)17/h3-8H,9,18H2,1-2H3,(H,19,20). The van der Waals surface area contributed by atoms with Gasteiger partial charge >= 0.3 is 0 Å². The lowest BCUT2D eigenvalue weighted by Crippen LogP contribution is -2.20. The molecule has 4 nitrogen and oxygen atoms in total. The number of halogens is 1. The number of benzene rings is 2. The number of nitrogen functional groups attached to an aromatic ring is 1. The van der Waals surface area contributed by atoms with E-state index in [2.05, 4.69) is 21.2 Å². The first kappa shape index (κ1) is 15.4. The fourth-order valence-electron chi connectivity index (χ4n) is 1.83. The predicted octanol–water partition coefficient (Wildman–Crippen LogP) is 3.67. The number of carbonyl (C=O) groups is 1. The monoisotopic (exact) mass is 348 g/mol. The zero-order valence-electron chi connectivity index (χ0n) is 11.9. The number of hydrogen-bond acceptors (Lipinski definition) is 3. The molecule has 110 valence electrons. The molecule has 0 spiro atoms. The first-order valence-electron chi connectivity index (χ1n) is 6.50. The van der Waals surface area contributed by atoms with Crippen LogP contribution >= 0.6 is 15.9 Å². The van der Waals surface area contributed by atoms with Crippen molar-refractivity contribution in [3.8, 4) is 5.75 Å². The van der Waals surface area contributed by atoms with Crippen molar-refractivity contribution in [2.75, 3.05) is 17.7 Å². The second-order valence-electron chi connectivity index (χ2n) is 4.85. The molecule has 5 heteroatoms. The van der Waals surface area contributed by atoms with Crippen molar-refractivity contribution in [1.82, 2.24) is 0 Å². The highest BCUT2D eigenvalue weighted by Gasteiger charge is 2.08. The topological polar surface area (TPSA) is 64.3 Å². The second-order valence-corrected chi connectivity index (χ2v) is 5.70. The Bertz CT molecular complexity index is 671. The Labute approximate surface area is 132 Å². The van der Waals surface area contributed by atoms with Crippen molar-refractivity contribution in [2.45, 2.75) is 13.8 Å². The maximum atomic E-state index is 11.9. The van der Waals surface area contributed by atoms with E-state index >= 15 is 0 Å². The summed E-state index contributed by atoms with van der Waals surface area (Å²) in [7, 11) is 0. The Morgan fingerprint density at radius 3 is 2.71 bits per heavy atom. The van der Waals surface area contributed by atoms with Crippen LogP contribution in [0.4, 0.5) is 11.4 Å². The van der Waals surface area contributed by atoms with Crippen molar-refractivity contribution in [2.24, 2.45) is 0 Å². The van der Waals surface area contributed by atoms with Crippen LogP contribution in [-0.2, 0) is 4.79 Å². The Kier molecular flexibility index (Phi) is 4.85. The molecule has 0 saturated carbocycles. The summed E-state index contributed by atoms with van der Waals surface area (Å²) in [6.45, 7) is 3.89. The van der Waals surface area contributed by atoms with Crippen LogP contribution in [0.2, 0.25) is 0 Å². The predicted molar refractivity (Wildman–Crippen MR) is 88.6 cm³/mol. The van der Waals surface area contributed by atoms with E-state index in [0.717, 1.165) is 21.3 Å². The summed E-state index contributed by atoms with van der Waals surface area (Å²) in [5, 5.41) is 2.78. The molecular weight excluding hydrogens is 332 g/mol. The minimum atomic E-state index is -0.221. The number of ether oxygens (including phenoxy) is 1. The number of hydrogen-bond donors (Lipinski definition) is 2. The van der Waals surface area contributed by atoms with Crippen molar-refractivity contribution < 1.29 is 9.53 Å². The van der Waals surface area contributed by atoms with E-state index in [0.29, 0.717) is 11.4 Å². The molecule has 0 aliphatic carbocycles. The fraction of sp³-hybridized carbons (Fsp3) is 0.188. The molecule has 3 N–H and O–H groups in total. The smallest absolute Gasteiger partial charge is 0.262 e. The zero-order valence-corrected chi connectivity index (χ0v) is 13.5. The van der Waals surface area contributed by atoms with Crippen LogP contribution in [-0.4, -0.2) is 12.5 Å². The number of carbonyl (C=O) groups excluding carboxylic acids is 1. The molecule has 1 amide bonds. The molecule has 0 fully saturated rings. The third-order valence-corrected chi connectivity index (χ3v) is 3.63. The average Bonchev–Trinajstić information content (AvgIpc) is 2.43. The molecule has 0 aromatic heterocycles. The second kappa shape index (κ2) is 6.63. The summed E-state index contributed by atoms with van der Waals surface area (Å²) in [5.41, 5.74) is 9.05. The molecule has 2 aromatic carbocycles. The number of nitrogens with one attached hydrogen (secondary N) is 1. The Morgan fingerprint density at radius 2 is 2.00 bits per heavy atom. The van der Waals surface area contributed by atoms with Crippen LogP contribution in [0.15, 0.2) is 40.9 Å². The molecule has 0 bridgehead atoms. The van der Waals surface area contributed by atoms with Crippen molar-refractivity contribution in [1.29, 1.82) is 0 Å². The number of anilines is 2. The van der Waals surface area contributed by atoms with Gasteiger partial charge in [-0.25, -0.2) is 0 Å². The van der Waals surface area contributed by atoms with E-state index in [1.165, 1.54) is 0 Å². The van der Waals surface area contributed by atoms with Crippen LogP contribution < -0.4 is 15.8 Å². The van der Waals surface area contributed by atoms with Gasteiger partial charge in [-0.1, -0.05) is 12.1 Å². The maximum Gasteiger partial charge on any atom is 0.262 e. The molecule has 2 aromatic rings. The van der Waals surface area contributed by atoms with Crippen LogP contribution in [0.25, 0.3) is 0 Å². The summed E-state index contributed by atoms with van der Waals surface area (Å²) >= 11 is 3.36. The highest BCUT2D eigenvalue weighted by atomic mass is 79.9. The van der Waals surface area contributed by atoms with Gasteiger partial charge in [0.15, 0.2) is 6.61 Å². The minimum Gasteiger partial charge on any atom is -0.483 e. The molecular formula is C16H17BrN2O2. The summed E-state index contributed by atoms with van der Waals surface area (Å²) in [6, 6.07) is 11.1. The van der Waals surface area contributed by atoms with E-state index in [-0.39, 0.29) is 12.5 Å². The number of nitrogens with two attached hydrogens (primary N) is 1. The number of aryl methyl sites for hydroxylation is 2.